The first-order chi connectivity index (χ1) is 10.6. The van der Waals surface area contributed by atoms with Gasteiger partial charge in [-0.25, -0.2) is 0 Å². The van der Waals surface area contributed by atoms with Crippen molar-refractivity contribution in [2.75, 3.05) is 4.72 Å². The Balaban J connectivity index is 2.19. The van der Waals surface area contributed by atoms with E-state index in [9.17, 15) is 16.8 Å². The maximum atomic E-state index is 10.9. The Labute approximate surface area is 132 Å². The maximum Gasteiger partial charge on any atom is 0.380 e. The molecule has 0 aromatic heterocycles. The lowest BCUT2D eigenvalue weighted by atomic mass is 10.3. The molecule has 0 saturated carbocycles. The Morgan fingerprint density at radius 3 is 2.09 bits per heavy atom. The van der Waals surface area contributed by atoms with E-state index in [1.807, 2.05) is 4.72 Å². The normalized spacial score (nSPS) is 11.7. The maximum absolute atomic E-state index is 10.9. The highest BCUT2D eigenvalue weighted by Crippen LogP contribution is 2.27. The Hall–Kier alpha value is -2.34. The van der Waals surface area contributed by atoms with Gasteiger partial charge in [-0.2, -0.15) is 22.0 Å². The van der Waals surface area contributed by atoms with Gasteiger partial charge in [0.1, 0.15) is 17.2 Å². The lowest BCUT2D eigenvalue weighted by Gasteiger charge is -2.09. The van der Waals surface area contributed by atoms with Crippen molar-refractivity contribution in [3.8, 4) is 17.2 Å². The molecule has 124 valence electrons. The van der Waals surface area contributed by atoms with Crippen molar-refractivity contribution >= 4 is 26.3 Å². The van der Waals surface area contributed by atoms with Gasteiger partial charge in [-0.15, -0.1) is 0 Å². The quantitative estimate of drug-likeness (QED) is 0.658. The average molecular weight is 360 g/mol. The van der Waals surface area contributed by atoms with Crippen LogP contribution < -0.4 is 18.8 Å². The highest BCUT2D eigenvalue weighted by atomic mass is 32.2. The molecule has 9 nitrogen and oxygen atoms in total. The first-order valence-corrected chi connectivity index (χ1v) is 8.87. The van der Waals surface area contributed by atoms with Crippen molar-refractivity contribution in [2.45, 2.75) is 0 Å². The van der Waals surface area contributed by atoms with Crippen LogP contribution in [0.4, 0.5) is 5.69 Å². The Kier molecular flexibility index (Phi) is 4.75. The molecule has 0 atom stereocenters. The van der Waals surface area contributed by atoms with Gasteiger partial charge in [-0.05, 0) is 24.3 Å². The first-order valence-electron chi connectivity index (χ1n) is 5.96. The fourth-order valence-corrected chi connectivity index (χ4v) is 2.43. The second-order valence-corrected chi connectivity index (χ2v) is 6.56. The highest BCUT2D eigenvalue weighted by Gasteiger charge is 2.08. The molecule has 0 radical (unpaired) electrons. The van der Waals surface area contributed by atoms with Crippen LogP contribution in [0, 0.1) is 0 Å². The summed E-state index contributed by atoms with van der Waals surface area (Å²) in [5.74, 6) is 0.429. The van der Waals surface area contributed by atoms with Gasteiger partial charge in [-0.3, -0.25) is 9.27 Å². The van der Waals surface area contributed by atoms with Crippen LogP contribution >= 0.6 is 0 Å². The lowest BCUT2D eigenvalue weighted by Crippen LogP contribution is -2.18. The van der Waals surface area contributed by atoms with Gasteiger partial charge in [0.25, 0.3) is 0 Å². The number of nitrogens with one attached hydrogen (secondary N) is 1. The molecule has 0 aliphatic rings. The molecule has 0 unspecified atom stereocenters. The number of rotatable bonds is 6. The number of anilines is 1. The van der Waals surface area contributed by atoms with Crippen molar-refractivity contribution in [1.29, 1.82) is 0 Å². The molecule has 0 aliphatic carbocycles. The standard InChI is InChI=1S/C12H12N2O7S2/c13-22(15,16)21-12-6-2-5-11(8-12)20-10-4-1-3-9(7-10)14-23(17,18)19/h1-8,14H,(H2,13,15,16)(H,17,18,19). The minimum atomic E-state index is -4.40. The molecule has 2 aromatic rings. The minimum Gasteiger partial charge on any atom is -0.457 e. The van der Waals surface area contributed by atoms with Crippen LogP contribution in [0.3, 0.4) is 0 Å². The molecular formula is C12H12N2O7S2. The van der Waals surface area contributed by atoms with E-state index in [0.29, 0.717) is 0 Å². The smallest absolute Gasteiger partial charge is 0.380 e. The molecule has 23 heavy (non-hydrogen) atoms. The van der Waals surface area contributed by atoms with Crippen molar-refractivity contribution in [2.24, 2.45) is 5.14 Å². The molecule has 4 N–H and O–H groups in total. The largest absolute Gasteiger partial charge is 0.457 e. The molecule has 2 rings (SSSR count). The minimum absolute atomic E-state index is 0.0442. The number of hydrogen-bond acceptors (Lipinski definition) is 6. The molecule has 2 aromatic carbocycles. The summed E-state index contributed by atoms with van der Waals surface area (Å²) in [4.78, 5) is 0. The molecule has 0 aliphatic heterocycles. The summed E-state index contributed by atoms with van der Waals surface area (Å²) in [5.41, 5.74) is 0.0851. The Morgan fingerprint density at radius 2 is 1.48 bits per heavy atom. The number of hydrogen-bond donors (Lipinski definition) is 3. The lowest BCUT2D eigenvalue weighted by molar-refractivity contribution is 0.469. The van der Waals surface area contributed by atoms with Crippen LogP contribution in [0.1, 0.15) is 0 Å². The summed E-state index contributed by atoms with van der Waals surface area (Å²) in [6.45, 7) is 0. The number of nitrogens with two attached hydrogens (primary N) is 1. The summed E-state index contributed by atoms with van der Waals surface area (Å²) in [6, 6.07) is 11.4. The monoisotopic (exact) mass is 360 g/mol. The van der Waals surface area contributed by atoms with Crippen molar-refractivity contribution in [3.05, 3.63) is 48.5 Å². The summed E-state index contributed by atoms with van der Waals surface area (Å²) in [5, 5.41) is 4.77. The van der Waals surface area contributed by atoms with Gasteiger partial charge in [0, 0.05) is 12.1 Å². The zero-order valence-corrected chi connectivity index (χ0v) is 13.0. The van der Waals surface area contributed by atoms with E-state index >= 15 is 0 Å². The van der Waals surface area contributed by atoms with E-state index in [-0.39, 0.29) is 22.9 Å². The van der Waals surface area contributed by atoms with Gasteiger partial charge in [0.15, 0.2) is 0 Å². The number of ether oxygens (including phenoxy) is 1. The summed E-state index contributed by atoms with van der Waals surface area (Å²) >= 11 is 0. The third-order valence-corrected chi connectivity index (χ3v) is 3.25. The van der Waals surface area contributed by atoms with Gasteiger partial charge < -0.3 is 8.92 Å². The van der Waals surface area contributed by atoms with Crippen molar-refractivity contribution in [1.82, 2.24) is 0 Å². The predicted molar refractivity (Wildman–Crippen MR) is 81.9 cm³/mol. The molecule has 0 amide bonds. The van der Waals surface area contributed by atoms with Crippen LogP contribution in [0.15, 0.2) is 48.5 Å². The zero-order chi connectivity index (χ0) is 17.1. The third-order valence-electron chi connectivity index (χ3n) is 2.33. The van der Waals surface area contributed by atoms with E-state index in [4.69, 9.17) is 14.4 Å². The molecular weight excluding hydrogens is 348 g/mol. The Bertz CT molecular complexity index is 835. The van der Waals surface area contributed by atoms with Crippen LogP contribution in [0.2, 0.25) is 0 Å². The third kappa shape index (κ3) is 6.12. The Morgan fingerprint density at radius 1 is 0.913 bits per heavy atom. The molecule has 11 heteroatoms. The average Bonchev–Trinajstić information content (AvgIpc) is 2.35. The molecule has 0 saturated heterocycles. The SMILES string of the molecule is NS(=O)(=O)Oc1cccc(Oc2cccc(NS(=O)(=O)O)c2)c1. The number of benzene rings is 2. The van der Waals surface area contributed by atoms with Crippen LogP contribution in [0.25, 0.3) is 0 Å². The highest BCUT2D eigenvalue weighted by molar-refractivity contribution is 7.87. The zero-order valence-electron chi connectivity index (χ0n) is 11.4. The van der Waals surface area contributed by atoms with Crippen molar-refractivity contribution in [3.63, 3.8) is 0 Å². The van der Waals surface area contributed by atoms with E-state index < -0.39 is 20.6 Å². The predicted octanol–water partition coefficient (Wildman–Crippen LogP) is 1.28. The first kappa shape index (κ1) is 17.0. The van der Waals surface area contributed by atoms with E-state index in [2.05, 4.69) is 4.18 Å². The fraction of sp³-hybridized carbons (Fsp3) is 0. The molecule has 0 heterocycles. The van der Waals surface area contributed by atoms with Gasteiger partial charge >= 0.3 is 20.6 Å². The van der Waals surface area contributed by atoms with Gasteiger partial charge in [0.2, 0.25) is 0 Å². The van der Waals surface area contributed by atoms with Gasteiger partial charge in [0.05, 0.1) is 5.69 Å². The second-order valence-electron chi connectivity index (χ2n) is 4.26. The van der Waals surface area contributed by atoms with Crippen molar-refractivity contribution < 1.29 is 30.3 Å². The van der Waals surface area contributed by atoms with Gasteiger partial charge in [-0.1, -0.05) is 12.1 Å². The fourth-order valence-electron chi connectivity index (χ4n) is 1.63. The second kappa shape index (κ2) is 6.42. The van der Waals surface area contributed by atoms with Crippen LogP contribution in [-0.2, 0) is 20.6 Å². The van der Waals surface area contributed by atoms with E-state index in [1.54, 1.807) is 0 Å². The van der Waals surface area contributed by atoms with Crippen LogP contribution in [0.5, 0.6) is 17.2 Å². The molecule has 0 fully saturated rings. The van der Waals surface area contributed by atoms with E-state index in [1.165, 1.54) is 48.5 Å². The van der Waals surface area contributed by atoms with E-state index in [0.717, 1.165) is 0 Å². The molecule has 0 bridgehead atoms. The van der Waals surface area contributed by atoms with Crippen LogP contribution in [-0.4, -0.2) is 21.4 Å². The molecule has 0 spiro atoms. The summed E-state index contributed by atoms with van der Waals surface area (Å²) in [6.07, 6.45) is 0. The summed E-state index contributed by atoms with van der Waals surface area (Å²) < 4.78 is 63.9. The summed E-state index contributed by atoms with van der Waals surface area (Å²) in [7, 11) is -8.55. The topological polar surface area (TPSA) is 145 Å².